The standard InChI is InChI=1S/C29H45N5O2/c1-19-22(14-15-24(30)33-19)18-32-28(36)29-17-23(29)13-8-16-34(29)27(35)26(31)25(20-9-4-2-5-10-20)21-11-6-3-7-12-21/h14-15,20-21,23,25-26H,2-13,16-18,31H2,1H3,(H2,30,33)(H,32,36)/t23-,26-,29+/m1/s1. The first-order chi connectivity index (χ1) is 17.4. The van der Waals surface area contributed by atoms with E-state index in [1.54, 1.807) is 6.07 Å². The molecule has 3 atom stereocenters. The summed E-state index contributed by atoms with van der Waals surface area (Å²) >= 11 is 0. The molecule has 1 saturated heterocycles. The smallest absolute Gasteiger partial charge is 0.246 e. The molecule has 2 heterocycles. The number of nitrogens with zero attached hydrogens (tertiary/aromatic N) is 2. The highest BCUT2D eigenvalue weighted by Gasteiger charge is 2.66. The second-order valence-electron chi connectivity index (χ2n) is 12.0. The Morgan fingerprint density at radius 1 is 1.03 bits per heavy atom. The lowest BCUT2D eigenvalue weighted by molar-refractivity contribution is -0.147. The molecule has 0 spiro atoms. The third-order valence-corrected chi connectivity index (χ3v) is 9.89. The number of carbonyl (C=O) groups excluding carboxylic acids is 2. The molecular weight excluding hydrogens is 450 g/mol. The molecule has 5 rings (SSSR count). The summed E-state index contributed by atoms with van der Waals surface area (Å²) in [5.41, 5.74) is 13.8. The highest BCUT2D eigenvalue weighted by molar-refractivity contribution is 5.96. The molecule has 198 valence electrons. The van der Waals surface area contributed by atoms with Crippen molar-refractivity contribution in [3.8, 4) is 0 Å². The van der Waals surface area contributed by atoms with Crippen molar-refractivity contribution in [2.24, 2.45) is 29.4 Å². The highest BCUT2D eigenvalue weighted by Crippen LogP contribution is 2.55. The Bertz CT molecular complexity index is 937. The van der Waals surface area contributed by atoms with Gasteiger partial charge in [0.05, 0.1) is 6.04 Å². The molecule has 3 aliphatic carbocycles. The van der Waals surface area contributed by atoms with Gasteiger partial charge in [0.1, 0.15) is 11.4 Å². The topological polar surface area (TPSA) is 114 Å². The van der Waals surface area contributed by atoms with Gasteiger partial charge in [-0.3, -0.25) is 9.59 Å². The molecular formula is C29H45N5O2. The van der Waals surface area contributed by atoms with E-state index in [0.29, 0.717) is 30.7 Å². The van der Waals surface area contributed by atoms with Gasteiger partial charge in [-0.2, -0.15) is 0 Å². The van der Waals surface area contributed by atoms with Crippen LogP contribution in [0.15, 0.2) is 12.1 Å². The van der Waals surface area contributed by atoms with Crippen LogP contribution in [0.2, 0.25) is 0 Å². The van der Waals surface area contributed by atoms with E-state index < -0.39 is 11.6 Å². The number of aromatic nitrogens is 1. The number of carbonyl (C=O) groups is 2. The molecule has 3 saturated carbocycles. The second kappa shape index (κ2) is 10.7. The van der Waals surface area contributed by atoms with E-state index in [2.05, 4.69) is 10.3 Å². The molecule has 0 bridgehead atoms. The van der Waals surface area contributed by atoms with Crippen LogP contribution in [0.4, 0.5) is 5.82 Å². The first-order valence-corrected chi connectivity index (χ1v) is 14.5. The van der Waals surface area contributed by atoms with Crippen LogP contribution >= 0.6 is 0 Å². The number of aryl methyl sites for hydroxylation is 1. The second-order valence-corrected chi connectivity index (χ2v) is 12.0. The molecule has 36 heavy (non-hydrogen) atoms. The minimum absolute atomic E-state index is 0.0267. The van der Waals surface area contributed by atoms with E-state index in [0.717, 1.165) is 30.5 Å². The Morgan fingerprint density at radius 3 is 2.28 bits per heavy atom. The zero-order chi connectivity index (χ0) is 25.3. The van der Waals surface area contributed by atoms with E-state index in [9.17, 15) is 9.59 Å². The number of amides is 2. The van der Waals surface area contributed by atoms with Crippen molar-refractivity contribution in [2.45, 2.75) is 109 Å². The molecule has 7 nitrogen and oxygen atoms in total. The first kappa shape index (κ1) is 25.5. The summed E-state index contributed by atoms with van der Waals surface area (Å²) in [6.07, 6.45) is 15.1. The summed E-state index contributed by atoms with van der Waals surface area (Å²) in [7, 11) is 0. The van der Waals surface area contributed by atoms with Crippen LogP contribution in [0.5, 0.6) is 0 Å². The summed E-state index contributed by atoms with van der Waals surface area (Å²) < 4.78 is 0. The van der Waals surface area contributed by atoms with Crippen LogP contribution in [-0.4, -0.2) is 39.8 Å². The van der Waals surface area contributed by atoms with Crippen LogP contribution in [0, 0.1) is 30.6 Å². The molecule has 1 aromatic heterocycles. The number of hydrogen-bond acceptors (Lipinski definition) is 5. The van der Waals surface area contributed by atoms with Gasteiger partial charge >= 0.3 is 0 Å². The Balaban J connectivity index is 1.32. The minimum Gasteiger partial charge on any atom is -0.384 e. The number of nitrogens with one attached hydrogen (secondary N) is 1. The molecule has 7 heteroatoms. The number of rotatable bonds is 7. The van der Waals surface area contributed by atoms with Gasteiger partial charge < -0.3 is 21.7 Å². The SMILES string of the molecule is Cc1nc(N)ccc1CNC(=O)[C@]12C[C@H]1CCCN2C(=O)[C@H](N)C(C1CCCCC1)C1CCCCC1. The van der Waals surface area contributed by atoms with Crippen molar-refractivity contribution >= 4 is 17.6 Å². The van der Waals surface area contributed by atoms with Crippen LogP contribution in [0.3, 0.4) is 0 Å². The predicted molar refractivity (Wildman–Crippen MR) is 142 cm³/mol. The highest BCUT2D eigenvalue weighted by atomic mass is 16.2. The third kappa shape index (κ3) is 4.88. The maximum atomic E-state index is 14.1. The van der Waals surface area contributed by atoms with Crippen molar-refractivity contribution in [1.82, 2.24) is 15.2 Å². The number of anilines is 1. The van der Waals surface area contributed by atoms with Gasteiger partial charge in [0.25, 0.3) is 0 Å². The molecule has 4 aliphatic rings. The Hall–Kier alpha value is -2.15. The molecule has 4 fully saturated rings. The Labute approximate surface area is 216 Å². The van der Waals surface area contributed by atoms with Gasteiger partial charge in [-0.25, -0.2) is 4.98 Å². The van der Waals surface area contributed by atoms with Gasteiger partial charge in [-0.1, -0.05) is 70.3 Å². The number of hydrogen-bond donors (Lipinski definition) is 3. The molecule has 2 amide bonds. The lowest BCUT2D eigenvalue weighted by Crippen LogP contribution is -2.61. The summed E-state index contributed by atoms with van der Waals surface area (Å²) in [4.78, 5) is 34.0. The normalized spacial score (nSPS) is 28.0. The number of nitrogens with two attached hydrogens (primary N) is 2. The van der Waals surface area contributed by atoms with E-state index >= 15 is 0 Å². The van der Waals surface area contributed by atoms with Gasteiger partial charge in [0.2, 0.25) is 11.8 Å². The monoisotopic (exact) mass is 495 g/mol. The lowest BCUT2D eigenvalue weighted by Gasteiger charge is -2.44. The lowest BCUT2D eigenvalue weighted by atomic mass is 9.66. The van der Waals surface area contributed by atoms with Crippen LogP contribution < -0.4 is 16.8 Å². The number of likely N-dealkylation sites (tertiary alicyclic amines) is 1. The predicted octanol–water partition coefficient (Wildman–Crippen LogP) is 4.07. The zero-order valence-corrected chi connectivity index (χ0v) is 22.0. The van der Waals surface area contributed by atoms with Crippen molar-refractivity contribution < 1.29 is 9.59 Å². The average Bonchev–Trinajstić information content (AvgIpc) is 3.65. The van der Waals surface area contributed by atoms with Crippen molar-refractivity contribution in [3.05, 3.63) is 23.4 Å². The Morgan fingerprint density at radius 2 is 1.67 bits per heavy atom. The quantitative estimate of drug-likeness (QED) is 0.527. The Kier molecular flexibility index (Phi) is 7.57. The summed E-state index contributed by atoms with van der Waals surface area (Å²) in [5, 5.41) is 3.14. The molecule has 5 N–H and O–H groups in total. The maximum Gasteiger partial charge on any atom is 0.246 e. The summed E-state index contributed by atoms with van der Waals surface area (Å²) in [5.74, 6) is 2.07. The van der Waals surface area contributed by atoms with E-state index in [4.69, 9.17) is 11.5 Å². The molecule has 1 aliphatic heterocycles. The average molecular weight is 496 g/mol. The van der Waals surface area contributed by atoms with Crippen LogP contribution in [-0.2, 0) is 16.1 Å². The van der Waals surface area contributed by atoms with E-state index in [1.165, 1.54) is 64.2 Å². The first-order valence-electron chi connectivity index (χ1n) is 14.5. The van der Waals surface area contributed by atoms with Crippen molar-refractivity contribution in [3.63, 3.8) is 0 Å². The third-order valence-electron chi connectivity index (χ3n) is 9.89. The largest absolute Gasteiger partial charge is 0.384 e. The molecule has 0 aromatic carbocycles. The molecule has 0 radical (unpaired) electrons. The maximum absolute atomic E-state index is 14.1. The van der Waals surface area contributed by atoms with Gasteiger partial charge in [-0.05, 0) is 61.5 Å². The van der Waals surface area contributed by atoms with Gasteiger partial charge in [0.15, 0.2) is 0 Å². The molecule has 0 unspecified atom stereocenters. The summed E-state index contributed by atoms with van der Waals surface area (Å²) in [6.45, 7) is 2.94. The van der Waals surface area contributed by atoms with Gasteiger partial charge in [0, 0.05) is 18.8 Å². The fourth-order valence-corrected chi connectivity index (χ4v) is 7.87. The van der Waals surface area contributed by atoms with Crippen LogP contribution in [0.1, 0.15) is 94.7 Å². The van der Waals surface area contributed by atoms with Crippen molar-refractivity contribution in [2.75, 3.05) is 12.3 Å². The number of nitrogen functional groups attached to an aromatic ring is 1. The summed E-state index contributed by atoms with van der Waals surface area (Å²) in [6, 6.07) is 3.18. The number of fused-ring (bicyclic) bond motifs is 1. The minimum atomic E-state index is -0.716. The van der Waals surface area contributed by atoms with Crippen LogP contribution in [0.25, 0.3) is 0 Å². The fourth-order valence-electron chi connectivity index (χ4n) is 7.87. The van der Waals surface area contributed by atoms with Crippen molar-refractivity contribution in [1.29, 1.82) is 0 Å². The molecule has 1 aromatic rings. The van der Waals surface area contributed by atoms with Gasteiger partial charge in [-0.15, -0.1) is 0 Å². The van der Waals surface area contributed by atoms with E-state index in [-0.39, 0.29) is 23.7 Å². The zero-order valence-electron chi connectivity index (χ0n) is 22.0. The van der Waals surface area contributed by atoms with E-state index in [1.807, 2.05) is 17.9 Å². The number of pyridine rings is 1. The number of piperidine rings is 1. The fraction of sp³-hybridized carbons (Fsp3) is 0.759.